The Morgan fingerprint density at radius 3 is 2.90 bits per heavy atom. The van der Waals surface area contributed by atoms with Gasteiger partial charge in [-0.15, -0.1) is 11.3 Å². The molecule has 0 radical (unpaired) electrons. The van der Waals surface area contributed by atoms with Crippen LogP contribution in [-0.4, -0.2) is 5.91 Å². The second kappa shape index (κ2) is 5.51. The van der Waals surface area contributed by atoms with Crippen LogP contribution >= 0.6 is 11.3 Å². The summed E-state index contributed by atoms with van der Waals surface area (Å²) in [6.45, 7) is 1.93. The summed E-state index contributed by atoms with van der Waals surface area (Å²) in [5.74, 6) is 0.797. The molecule has 0 aliphatic heterocycles. The van der Waals surface area contributed by atoms with Crippen molar-refractivity contribution in [3.8, 4) is 0 Å². The van der Waals surface area contributed by atoms with Gasteiger partial charge < -0.3 is 9.73 Å². The molecular weight excluding hydrogens is 270 g/mol. The number of fused-ring (bicyclic) bond motifs is 1. The summed E-state index contributed by atoms with van der Waals surface area (Å²) in [5, 5.41) is 6.00. The number of carbonyl (C=O) groups is 1. The molecule has 102 valence electrons. The van der Waals surface area contributed by atoms with Crippen molar-refractivity contribution in [2.45, 2.75) is 19.4 Å². The average Bonchev–Trinajstić information content (AvgIpc) is 3.06. The van der Waals surface area contributed by atoms with Gasteiger partial charge in [-0.1, -0.05) is 24.3 Å². The van der Waals surface area contributed by atoms with Crippen molar-refractivity contribution in [2.24, 2.45) is 0 Å². The molecule has 2 heterocycles. The van der Waals surface area contributed by atoms with Crippen LogP contribution in [0.25, 0.3) is 11.0 Å². The molecule has 20 heavy (non-hydrogen) atoms. The molecule has 0 saturated heterocycles. The van der Waals surface area contributed by atoms with Crippen molar-refractivity contribution in [1.29, 1.82) is 0 Å². The molecule has 1 N–H and O–H groups in total. The first-order chi connectivity index (χ1) is 9.72. The normalized spacial score (nSPS) is 12.4. The average molecular weight is 285 g/mol. The Morgan fingerprint density at radius 1 is 1.30 bits per heavy atom. The zero-order chi connectivity index (χ0) is 13.9. The van der Waals surface area contributed by atoms with Gasteiger partial charge in [0.15, 0.2) is 0 Å². The van der Waals surface area contributed by atoms with E-state index in [1.54, 1.807) is 11.3 Å². The molecule has 1 amide bonds. The number of carbonyl (C=O) groups excluding carboxylic acids is 1. The monoisotopic (exact) mass is 285 g/mol. The Kier molecular flexibility index (Phi) is 3.56. The van der Waals surface area contributed by atoms with Gasteiger partial charge in [-0.2, -0.15) is 0 Å². The van der Waals surface area contributed by atoms with Gasteiger partial charge in [0, 0.05) is 10.3 Å². The number of thiophene rings is 1. The van der Waals surface area contributed by atoms with Crippen LogP contribution < -0.4 is 5.32 Å². The molecule has 1 unspecified atom stereocenters. The first-order valence-electron chi connectivity index (χ1n) is 6.52. The Labute approximate surface area is 121 Å². The number of para-hydroxylation sites is 1. The fourth-order valence-corrected chi connectivity index (χ4v) is 2.85. The molecule has 0 spiro atoms. The molecule has 0 saturated carbocycles. The summed E-state index contributed by atoms with van der Waals surface area (Å²) < 4.78 is 5.75. The summed E-state index contributed by atoms with van der Waals surface area (Å²) in [6.07, 6.45) is 0.419. The molecule has 1 atom stereocenters. The predicted molar refractivity (Wildman–Crippen MR) is 80.8 cm³/mol. The smallest absolute Gasteiger partial charge is 0.225 e. The topological polar surface area (TPSA) is 42.2 Å². The minimum absolute atomic E-state index is 0.0143. The molecule has 4 heteroatoms. The largest absolute Gasteiger partial charge is 0.459 e. The van der Waals surface area contributed by atoms with Crippen molar-refractivity contribution in [1.82, 2.24) is 5.32 Å². The van der Waals surface area contributed by atoms with E-state index in [2.05, 4.69) is 5.32 Å². The first kappa shape index (κ1) is 12.9. The summed E-state index contributed by atoms with van der Waals surface area (Å²) >= 11 is 1.59. The standard InChI is InChI=1S/C16H15NO2S/c1-11(17-16(18)10-13-6-4-8-20-13)15-9-12-5-2-3-7-14(12)19-15/h2-9,11H,10H2,1H3,(H,17,18). The molecule has 0 bridgehead atoms. The molecule has 1 aromatic carbocycles. The van der Waals surface area contributed by atoms with Crippen LogP contribution in [-0.2, 0) is 11.2 Å². The van der Waals surface area contributed by atoms with E-state index >= 15 is 0 Å². The van der Waals surface area contributed by atoms with Crippen LogP contribution in [0.4, 0.5) is 0 Å². The molecule has 3 rings (SSSR count). The number of hydrogen-bond acceptors (Lipinski definition) is 3. The van der Waals surface area contributed by atoms with E-state index in [0.717, 1.165) is 21.6 Å². The maximum Gasteiger partial charge on any atom is 0.225 e. The van der Waals surface area contributed by atoms with Crippen LogP contribution in [0.2, 0.25) is 0 Å². The van der Waals surface area contributed by atoms with Crippen LogP contribution in [0.15, 0.2) is 52.3 Å². The van der Waals surface area contributed by atoms with E-state index in [0.29, 0.717) is 6.42 Å². The number of furan rings is 1. The summed E-state index contributed by atoms with van der Waals surface area (Å²) in [7, 11) is 0. The zero-order valence-electron chi connectivity index (χ0n) is 11.1. The van der Waals surface area contributed by atoms with Gasteiger partial charge in [0.05, 0.1) is 12.5 Å². The molecule has 3 nitrogen and oxygen atoms in total. The first-order valence-corrected chi connectivity index (χ1v) is 7.40. The van der Waals surface area contributed by atoms with Crippen LogP contribution in [0.3, 0.4) is 0 Å². The second-order valence-corrected chi connectivity index (χ2v) is 5.76. The molecule has 0 fully saturated rings. The SMILES string of the molecule is CC(NC(=O)Cc1cccs1)c1cc2ccccc2o1. The van der Waals surface area contributed by atoms with Gasteiger partial charge in [-0.05, 0) is 30.5 Å². The van der Waals surface area contributed by atoms with Crippen molar-refractivity contribution in [3.05, 3.63) is 58.5 Å². The van der Waals surface area contributed by atoms with E-state index in [4.69, 9.17) is 4.42 Å². The maximum absolute atomic E-state index is 12.0. The maximum atomic E-state index is 12.0. The number of rotatable bonds is 4. The van der Waals surface area contributed by atoms with Crippen LogP contribution in [0, 0.1) is 0 Å². The number of amides is 1. The fraction of sp³-hybridized carbons (Fsp3) is 0.188. The van der Waals surface area contributed by atoms with Gasteiger partial charge in [0.2, 0.25) is 5.91 Å². The lowest BCUT2D eigenvalue weighted by Crippen LogP contribution is -2.27. The highest BCUT2D eigenvalue weighted by atomic mass is 32.1. The van der Waals surface area contributed by atoms with E-state index in [1.807, 2.05) is 54.8 Å². The van der Waals surface area contributed by atoms with E-state index in [-0.39, 0.29) is 11.9 Å². The van der Waals surface area contributed by atoms with Crippen molar-refractivity contribution < 1.29 is 9.21 Å². The minimum Gasteiger partial charge on any atom is -0.459 e. The summed E-state index contributed by atoms with van der Waals surface area (Å²) in [6, 6.07) is 13.6. The van der Waals surface area contributed by atoms with Crippen LogP contribution in [0.1, 0.15) is 23.6 Å². The van der Waals surface area contributed by atoms with Crippen molar-refractivity contribution >= 4 is 28.2 Å². The molecule has 0 aliphatic rings. The number of hydrogen-bond donors (Lipinski definition) is 1. The molecular formula is C16H15NO2S. The third kappa shape index (κ3) is 2.75. The van der Waals surface area contributed by atoms with Gasteiger partial charge in [0.25, 0.3) is 0 Å². The van der Waals surface area contributed by atoms with E-state index < -0.39 is 0 Å². The lowest BCUT2D eigenvalue weighted by atomic mass is 10.2. The zero-order valence-corrected chi connectivity index (χ0v) is 11.9. The van der Waals surface area contributed by atoms with Gasteiger partial charge in [0.1, 0.15) is 11.3 Å². The quantitative estimate of drug-likeness (QED) is 0.789. The Balaban J connectivity index is 1.69. The van der Waals surface area contributed by atoms with Gasteiger partial charge in [-0.25, -0.2) is 0 Å². The highest BCUT2D eigenvalue weighted by Gasteiger charge is 2.14. The molecule has 0 aliphatic carbocycles. The Hall–Kier alpha value is -2.07. The third-order valence-corrected chi connectivity index (χ3v) is 4.04. The van der Waals surface area contributed by atoms with Crippen LogP contribution in [0.5, 0.6) is 0 Å². The lowest BCUT2D eigenvalue weighted by molar-refractivity contribution is -0.121. The van der Waals surface area contributed by atoms with E-state index in [1.165, 1.54) is 0 Å². The van der Waals surface area contributed by atoms with E-state index in [9.17, 15) is 4.79 Å². The van der Waals surface area contributed by atoms with Crippen molar-refractivity contribution in [2.75, 3.05) is 0 Å². The molecule has 3 aromatic rings. The minimum atomic E-state index is -0.130. The summed E-state index contributed by atoms with van der Waals surface area (Å²) in [4.78, 5) is 13.0. The highest BCUT2D eigenvalue weighted by Crippen LogP contribution is 2.23. The second-order valence-electron chi connectivity index (χ2n) is 4.73. The van der Waals surface area contributed by atoms with Gasteiger partial charge >= 0.3 is 0 Å². The summed E-state index contributed by atoms with van der Waals surface area (Å²) in [5.41, 5.74) is 0.849. The molecule has 2 aromatic heterocycles. The van der Waals surface area contributed by atoms with Gasteiger partial charge in [-0.3, -0.25) is 4.79 Å². The lowest BCUT2D eigenvalue weighted by Gasteiger charge is -2.10. The third-order valence-electron chi connectivity index (χ3n) is 3.16. The van der Waals surface area contributed by atoms with Crippen molar-refractivity contribution in [3.63, 3.8) is 0 Å². The Morgan fingerprint density at radius 2 is 2.15 bits per heavy atom. The number of benzene rings is 1. The Bertz CT molecular complexity index is 682. The fourth-order valence-electron chi connectivity index (χ4n) is 2.15. The predicted octanol–water partition coefficient (Wildman–Crippen LogP) is 3.91. The highest BCUT2D eigenvalue weighted by molar-refractivity contribution is 7.10. The number of nitrogens with one attached hydrogen (secondary N) is 1.